The highest BCUT2D eigenvalue weighted by Crippen LogP contribution is 2.35. The first-order valence-electron chi connectivity index (χ1n) is 16.2. The minimum atomic E-state index is -4.12. The zero-order valence-corrected chi connectivity index (χ0v) is 29.0. The molecule has 0 aromatic heterocycles. The topological polar surface area (TPSA) is 156 Å². The SMILES string of the molecule is CC(C)c1ccccc1NC1CCN(S(=O)(=O)c2ccc(NC(=O)c3cc(S(=O)(=O)N4CCc5ccccc5C4)cc(O)c3O)cc2)CC1. The van der Waals surface area contributed by atoms with Gasteiger partial charge in [-0.1, -0.05) is 56.3 Å². The van der Waals surface area contributed by atoms with Gasteiger partial charge in [-0.05, 0) is 78.3 Å². The molecule has 2 heterocycles. The van der Waals surface area contributed by atoms with E-state index >= 15 is 0 Å². The molecule has 1 fully saturated rings. The zero-order valence-electron chi connectivity index (χ0n) is 27.3. The summed E-state index contributed by atoms with van der Waals surface area (Å²) in [4.78, 5) is 13.0. The van der Waals surface area contributed by atoms with Gasteiger partial charge >= 0.3 is 0 Å². The number of piperidine rings is 1. The molecule has 0 radical (unpaired) electrons. The Labute approximate surface area is 287 Å². The Balaban J connectivity index is 1.11. The van der Waals surface area contributed by atoms with Crippen molar-refractivity contribution in [2.24, 2.45) is 0 Å². The molecule has 4 aromatic carbocycles. The number of carbonyl (C=O) groups is 1. The van der Waals surface area contributed by atoms with Crippen LogP contribution >= 0.6 is 0 Å². The standard InChI is InChI=1S/C36H40N4O7S2/c1-24(2)31-9-5-6-10-33(31)37-28-16-19-39(20-17-28)48(44,45)29-13-11-27(12-14-29)38-36(43)32-21-30(22-34(41)35(32)42)49(46,47)40-18-15-25-7-3-4-8-26(25)23-40/h3-14,21-22,24,28,37,41-42H,15-20,23H2,1-2H3,(H,38,43). The molecular formula is C36H40N4O7S2. The van der Waals surface area contributed by atoms with Crippen LogP contribution in [0.2, 0.25) is 0 Å². The zero-order chi connectivity index (χ0) is 34.9. The molecule has 0 unspecified atom stereocenters. The number of aromatic hydroxyl groups is 2. The second-order valence-corrected chi connectivity index (χ2v) is 16.6. The molecule has 11 nitrogen and oxygen atoms in total. The molecule has 4 aromatic rings. The smallest absolute Gasteiger partial charge is 0.259 e. The number of anilines is 2. The Kier molecular flexibility index (Phi) is 9.72. The first-order valence-corrected chi connectivity index (χ1v) is 19.1. The lowest BCUT2D eigenvalue weighted by Crippen LogP contribution is -2.42. The highest BCUT2D eigenvalue weighted by molar-refractivity contribution is 7.89. The van der Waals surface area contributed by atoms with Gasteiger partial charge in [-0.15, -0.1) is 0 Å². The van der Waals surface area contributed by atoms with Crippen LogP contribution in [-0.4, -0.2) is 67.2 Å². The van der Waals surface area contributed by atoms with Crippen molar-refractivity contribution in [3.05, 3.63) is 107 Å². The van der Waals surface area contributed by atoms with Crippen LogP contribution in [0, 0.1) is 0 Å². The molecule has 1 saturated heterocycles. The molecule has 258 valence electrons. The number of sulfonamides is 2. The van der Waals surface area contributed by atoms with E-state index in [4.69, 9.17) is 0 Å². The van der Waals surface area contributed by atoms with Gasteiger partial charge in [0.05, 0.1) is 15.4 Å². The molecule has 2 aliphatic rings. The van der Waals surface area contributed by atoms with E-state index in [1.165, 1.54) is 38.4 Å². The molecule has 0 bridgehead atoms. The van der Waals surface area contributed by atoms with Gasteiger partial charge in [-0.25, -0.2) is 16.8 Å². The summed E-state index contributed by atoms with van der Waals surface area (Å²) in [7, 11) is -7.92. The summed E-state index contributed by atoms with van der Waals surface area (Å²) in [5.74, 6) is -2.05. The van der Waals surface area contributed by atoms with Crippen molar-refractivity contribution >= 4 is 37.3 Å². The maximum absolute atomic E-state index is 13.5. The van der Waals surface area contributed by atoms with Gasteiger partial charge in [0.2, 0.25) is 20.0 Å². The number of phenolic OH excluding ortho intramolecular Hbond substituents is 2. The fourth-order valence-electron chi connectivity index (χ4n) is 6.39. The Morgan fingerprint density at radius 2 is 1.41 bits per heavy atom. The monoisotopic (exact) mass is 704 g/mol. The van der Waals surface area contributed by atoms with Crippen LogP contribution in [0.15, 0.2) is 94.7 Å². The van der Waals surface area contributed by atoms with Gasteiger partial charge in [0.25, 0.3) is 5.91 Å². The van der Waals surface area contributed by atoms with Crippen molar-refractivity contribution in [1.29, 1.82) is 0 Å². The van der Waals surface area contributed by atoms with Crippen LogP contribution in [0.3, 0.4) is 0 Å². The number of hydrogen-bond donors (Lipinski definition) is 4. The van der Waals surface area contributed by atoms with Crippen molar-refractivity contribution in [3.63, 3.8) is 0 Å². The van der Waals surface area contributed by atoms with Crippen LogP contribution in [-0.2, 0) is 33.0 Å². The van der Waals surface area contributed by atoms with E-state index in [-0.39, 0.29) is 34.6 Å². The summed E-state index contributed by atoms with van der Waals surface area (Å²) in [6.07, 6.45) is 1.81. The van der Waals surface area contributed by atoms with Crippen LogP contribution < -0.4 is 10.6 Å². The van der Waals surface area contributed by atoms with Gasteiger partial charge in [0, 0.05) is 49.7 Å². The van der Waals surface area contributed by atoms with E-state index in [1.54, 1.807) is 0 Å². The predicted molar refractivity (Wildman–Crippen MR) is 188 cm³/mol. The number of amides is 1. The molecule has 13 heteroatoms. The third kappa shape index (κ3) is 7.16. The maximum Gasteiger partial charge on any atom is 0.259 e. The van der Waals surface area contributed by atoms with Crippen LogP contribution in [0.4, 0.5) is 11.4 Å². The van der Waals surface area contributed by atoms with Gasteiger partial charge in [0.1, 0.15) is 0 Å². The Morgan fingerprint density at radius 3 is 2.10 bits per heavy atom. The number of nitrogens with one attached hydrogen (secondary N) is 2. The van der Waals surface area contributed by atoms with Crippen molar-refractivity contribution < 1.29 is 31.8 Å². The third-order valence-corrected chi connectivity index (χ3v) is 12.9. The summed E-state index contributed by atoms with van der Waals surface area (Å²) in [6, 6.07) is 23.4. The Hall–Kier alpha value is -4.43. The van der Waals surface area contributed by atoms with E-state index in [1.807, 2.05) is 36.4 Å². The molecule has 0 spiro atoms. The molecule has 0 atom stereocenters. The van der Waals surface area contributed by atoms with Crippen molar-refractivity contribution in [2.75, 3.05) is 30.3 Å². The van der Waals surface area contributed by atoms with E-state index in [0.717, 1.165) is 28.9 Å². The lowest BCUT2D eigenvalue weighted by molar-refractivity contribution is 0.102. The molecule has 2 aliphatic heterocycles. The van der Waals surface area contributed by atoms with E-state index in [0.29, 0.717) is 38.3 Å². The summed E-state index contributed by atoms with van der Waals surface area (Å²) in [6.45, 7) is 5.35. The Morgan fingerprint density at radius 1 is 0.776 bits per heavy atom. The first-order chi connectivity index (χ1) is 23.3. The van der Waals surface area contributed by atoms with E-state index in [2.05, 4.69) is 36.6 Å². The number of para-hydroxylation sites is 1. The first kappa shape index (κ1) is 34.4. The maximum atomic E-state index is 13.5. The molecule has 1 amide bonds. The van der Waals surface area contributed by atoms with Crippen LogP contribution in [0.5, 0.6) is 11.5 Å². The second kappa shape index (κ2) is 13.8. The minimum Gasteiger partial charge on any atom is -0.504 e. The fourth-order valence-corrected chi connectivity index (χ4v) is 9.33. The fraction of sp³-hybridized carbons (Fsp3) is 0.306. The molecule has 4 N–H and O–H groups in total. The number of fused-ring (bicyclic) bond motifs is 1. The van der Waals surface area contributed by atoms with Gasteiger partial charge in [-0.2, -0.15) is 8.61 Å². The highest BCUT2D eigenvalue weighted by Gasteiger charge is 2.32. The van der Waals surface area contributed by atoms with Crippen molar-refractivity contribution in [2.45, 2.75) is 61.4 Å². The normalized spacial score (nSPS) is 16.3. The van der Waals surface area contributed by atoms with Gasteiger partial charge < -0.3 is 20.8 Å². The van der Waals surface area contributed by atoms with Crippen molar-refractivity contribution in [1.82, 2.24) is 8.61 Å². The average Bonchev–Trinajstić information content (AvgIpc) is 3.09. The number of carbonyl (C=O) groups excluding carboxylic acids is 1. The predicted octanol–water partition coefficient (Wildman–Crippen LogP) is 5.49. The average molecular weight is 705 g/mol. The van der Waals surface area contributed by atoms with Crippen LogP contribution in [0.25, 0.3) is 0 Å². The number of hydrogen-bond acceptors (Lipinski definition) is 8. The number of benzene rings is 4. The molecule has 6 rings (SSSR count). The van der Waals surface area contributed by atoms with Gasteiger partial charge in [0.15, 0.2) is 11.5 Å². The number of nitrogens with zero attached hydrogens (tertiary/aromatic N) is 2. The highest BCUT2D eigenvalue weighted by atomic mass is 32.2. The lowest BCUT2D eigenvalue weighted by atomic mass is 9.99. The molecular weight excluding hydrogens is 665 g/mol. The summed E-state index contributed by atoms with van der Waals surface area (Å²) >= 11 is 0. The van der Waals surface area contributed by atoms with Crippen molar-refractivity contribution in [3.8, 4) is 11.5 Å². The summed E-state index contributed by atoms with van der Waals surface area (Å²) in [5, 5.41) is 27.1. The quantitative estimate of drug-likeness (QED) is 0.167. The summed E-state index contributed by atoms with van der Waals surface area (Å²) in [5.41, 5.74) is 3.99. The van der Waals surface area contributed by atoms with E-state index in [9.17, 15) is 31.8 Å². The summed E-state index contributed by atoms with van der Waals surface area (Å²) < 4.78 is 56.7. The second-order valence-electron chi connectivity index (χ2n) is 12.7. The molecule has 49 heavy (non-hydrogen) atoms. The Bertz CT molecular complexity index is 2080. The largest absolute Gasteiger partial charge is 0.504 e. The minimum absolute atomic E-state index is 0.0683. The third-order valence-electron chi connectivity index (χ3n) is 9.19. The molecule has 0 saturated carbocycles. The van der Waals surface area contributed by atoms with E-state index < -0.39 is 43.0 Å². The number of phenols is 2. The number of rotatable bonds is 9. The molecule has 0 aliphatic carbocycles. The van der Waals surface area contributed by atoms with Crippen LogP contribution in [0.1, 0.15) is 59.7 Å². The lowest BCUT2D eigenvalue weighted by Gasteiger charge is -2.32. The van der Waals surface area contributed by atoms with Gasteiger partial charge in [-0.3, -0.25) is 4.79 Å².